The zero-order valence-corrected chi connectivity index (χ0v) is 8.21. The Hall–Kier alpha value is -1.54. The molecule has 0 aliphatic heterocycles. The number of aromatic nitrogens is 2. The molecule has 14 heavy (non-hydrogen) atoms. The average Bonchev–Trinajstić information content (AvgIpc) is 2.65. The lowest BCUT2D eigenvalue weighted by Gasteiger charge is -1.96. The van der Waals surface area contributed by atoms with E-state index in [0.29, 0.717) is 0 Å². The van der Waals surface area contributed by atoms with Gasteiger partial charge in [-0.2, -0.15) is 0 Å². The Morgan fingerprint density at radius 2 is 1.86 bits per heavy atom. The molecule has 0 radical (unpaired) electrons. The van der Waals surface area contributed by atoms with Crippen molar-refractivity contribution in [1.82, 2.24) is 9.97 Å². The summed E-state index contributed by atoms with van der Waals surface area (Å²) in [7, 11) is 0. The van der Waals surface area contributed by atoms with Crippen LogP contribution in [0, 0.1) is 0 Å². The van der Waals surface area contributed by atoms with Crippen molar-refractivity contribution in [3.05, 3.63) is 42.7 Å². The van der Waals surface area contributed by atoms with Crippen molar-refractivity contribution in [3.63, 3.8) is 0 Å². The summed E-state index contributed by atoms with van der Waals surface area (Å²) in [5.74, 6) is 0. The van der Waals surface area contributed by atoms with Crippen molar-refractivity contribution in [1.29, 1.82) is 0 Å². The number of fused-ring (bicyclic) bond motifs is 3. The molecule has 0 spiro atoms. The second kappa shape index (κ2) is 3.31. The summed E-state index contributed by atoms with van der Waals surface area (Å²) in [6.07, 6.45) is 3.82. The van der Waals surface area contributed by atoms with Gasteiger partial charge in [0.1, 0.15) is 0 Å². The number of benzene rings is 1. The maximum Gasteiger partial charge on any atom is 0.0709 e. The average molecular weight is 205 g/mol. The first-order chi connectivity index (χ1) is 6.45. The second-order valence-electron chi connectivity index (χ2n) is 3.08. The lowest BCUT2D eigenvalue weighted by atomic mass is 10.1. The quantitative estimate of drug-likeness (QED) is 0.599. The number of aromatic amines is 1. The van der Waals surface area contributed by atoms with Gasteiger partial charge in [-0.1, -0.05) is 18.2 Å². The molecule has 1 N–H and O–H groups in total. The molecule has 0 aliphatic carbocycles. The fourth-order valence-electron chi connectivity index (χ4n) is 1.67. The van der Waals surface area contributed by atoms with Crippen LogP contribution in [-0.2, 0) is 0 Å². The second-order valence-corrected chi connectivity index (χ2v) is 3.08. The first kappa shape index (κ1) is 9.03. The SMILES string of the molecule is Cl.c1ccc2c(c1)ncc1[nH]ccc12. The molecule has 0 fully saturated rings. The molecule has 0 unspecified atom stereocenters. The highest BCUT2D eigenvalue weighted by molar-refractivity contribution is 6.04. The van der Waals surface area contributed by atoms with Crippen LogP contribution < -0.4 is 0 Å². The van der Waals surface area contributed by atoms with Crippen molar-refractivity contribution in [2.75, 3.05) is 0 Å². The molecule has 0 bridgehead atoms. The van der Waals surface area contributed by atoms with Crippen LogP contribution in [0.5, 0.6) is 0 Å². The third kappa shape index (κ3) is 1.16. The van der Waals surface area contributed by atoms with Crippen LogP contribution in [-0.4, -0.2) is 9.97 Å². The number of hydrogen-bond donors (Lipinski definition) is 1. The van der Waals surface area contributed by atoms with E-state index in [4.69, 9.17) is 0 Å². The maximum atomic E-state index is 4.35. The molecule has 0 aliphatic rings. The molecule has 0 amide bonds. The van der Waals surface area contributed by atoms with Crippen molar-refractivity contribution >= 4 is 34.2 Å². The van der Waals surface area contributed by atoms with E-state index >= 15 is 0 Å². The van der Waals surface area contributed by atoms with E-state index in [2.05, 4.69) is 22.1 Å². The molecule has 3 heteroatoms. The molecule has 3 aromatic rings. The largest absolute Gasteiger partial charge is 0.360 e. The van der Waals surface area contributed by atoms with E-state index in [-0.39, 0.29) is 12.4 Å². The predicted molar refractivity (Wildman–Crippen MR) is 60.8 cm³/mol. The molecular weight excluding hydrogens is 196 g/mol. The van der Waals surface area contributed by atoms with Gasteiger partial charge in [0, 0.05) is 17.0 Å². The highest BCUT2D eigenvalue weighted by Crippen LogP contribution is 2.21. The number of H-pyrrole nitrogens is 1. The van der Waals surface area contributed by atoms with Crippen LogP contribution in [0.1, 0.15) is 0 Å². The van der Waals surface area contributed by atoms with Crippen LogP contribution in [0.2, 0.25) is 0 Å². The van der Waals surface area contributed by atoms with Gasteiger partial charge in [0.15, 0.2) is 0 Å². The molecule has 70 valence electrons. The molecule has 2 heterocycles. The Bertz CT molecular complexity index is 571. The summed E-state index contributed by atoms with van der Waals surface area (Å²) in [6.45, 7) is 0. The number of hydrogen-bond acceptors (Lipinski definition) is 1. The van der Waals surface area contributed by atoms with Gasteiger partial charge in [-0.25, -0.2) is 0 Å². The molecule has 0 atom stereocenters. The van der Waals surface area contributed by atoms with E-state index in [9.17, 15) is 0 Å². The first-order valence-electron chi connectivity index (χ1n) is 4.26. The molecule has 2 aromatic heterocycles. The molecule has 2 nitrogen and oxygen atoms in total. The van der Waals surface area contributed by atoms with Gasteiger partial charge in [-0.05, 0) is 12.1 Å². The van der Waals surface area contributed by atoms with Gasteiger partial charge >= 0.3 is 0 Å². The summed E-state index contributed by atoms with van der Waals surface area (Å²) < 4.78 is 0. The van der Waals surface area contributed by atoms with E-state index in [0.717, 1.165) is 11.0 Å². The Morgan fingerprint density at radius 1 is 1.00 bits per heavy atom. The van der Waals surface area contributed by atoms with Crippen molar-refractivity contribution in [3.8, 4) is 0 Å². The van der Waals surface area contributed by atoms with Crippen LogP contribution in [0.25, 0.3) is 21.8 Å². The minimum absolute atomic E-state index is 0. The third-order valence-corrected chi connectivity index (χ3v) is 2.31. The summed E-state index contributed by atoms with van der Waals surface area (Å²) in [6, 6.07) is 10.3. The summed E-state index contributed by atoms with van der Waals surface area (Å²) in [5.41, 5.74) is 2.15. The Labute approximate surface area is 87.4 Å². The highest BCUT2D eigenvalue weighted by atomic mass is 35.5. The number of halogens is 1. The fourth-order valence-corrected chi connectivity index (χ4v) is 1.67. The van der Waals surface area contributed by atoms with Crippen molar-refractivity contribution in [2.45, 2.75) is 0 Å². The molecule has 0 saturated heterocycles. The van der Waals surface area contributed by atoms with Gasteiger partial charge in [0.2, 0.25) is 0 Å². The normalized spacial score (nSPS) is 10.3. The summed E-state index contributed by atoms with van der Waals surface area (Å²) >= 11 is 0. The number of pyridine rings is 1. The number of nitrogens with one attached hydrogen (secondary N) is 1. The number of rotatable bonds is 0. The standard InChI is InChI=1S/C11H8N2.ClH/c1-2-4-10-8(3-1)9-5-6-12-11(9)7-13-10;/h1-7,12H;1H. The van der Waals surface area contributed by atoms with Gasteiger partial charge in [0.25, 0.3) is 0 Å². The minimum atomic E-state index is 0. The van der Waals surface area contributed by atoms with E-state index < -0.39 is 0 Å². The lowest BCUT2D eigenvalue weighted by molar-refractivity contribution is 1.40. The van der Waals surface area contributed by atoms with Gasteiger partial charge in [-0.3, -0.25) is 4.98 Å². The summed E-state index contributed by atoms with van der Waals surface area (Å²) in [4.78, 5) is 7.50. The van der Waals surface area contributed by atoms with Crippen LogP contribution >= 0.6 is 12.4 Å². The summed E-state index contributed by atoms with van der Waals surface area (Å²) in [5, 5.41) is 2.45. The Kier molecular flexibility index (Phi) is 2.14. The van der Waals surface area contributed by atoms with Gasteiger partial charge in [0.05, 0.1) is 17.2 Å². The highest BCUT2D eigenvalue weighted by Gasteiger charge is 1.99. The van der Waals surface area contributed by atoms with E-state index in [1.807, 2.05) is 30.6 Å². The maximum absolute atomic E-state index is 4.35. The van der Waals surface area contributed by atoms with Crippen LogP contribution in [0.4, 0.5) is 0 Å². The number of nitrogens with zero attached hydrogens (tertiary/aromatic N) is 1. The van der Waals surface area contributed by atoms with E-state index in [1.54, 1.807) is 0 Å². The monoisotopic (exact) mass is 204 g/mol. The molecule has 1 aromatic carbocycles. The van der Waals surface area contributed by atoms with Crippen molar-refractivity contribution < 1.29 is 0 Å². The molecule has 3 rings (SSSR count). The Morgan fingerprint density at radius 3 is 2.79 bits per heavy atom. The van der Waals surface area contributed by atoms with Crippen molar-refractivity contribution in [2.24, 2.45) is 0 Å². The van der Waals surface area contributed by atoms with E-state index in [1.165, 1.54) is 10.8 Å². The third-order valence-electron chi connectivity index (χ3n) is 2.31. The Balaban J connectivity index is 0.000000750. The van der Waals surface area contributed by atoms with Gasteiger partial charge < -0.3 is 4.98 Å². The predicted octanol–water partition coefficient (Wildman–Crippen LogP) is 3.14. The zero-order valence-electron chi connectivity index (χ0n) is 7.40. The topological polar surface area (TPSA) is 28.7 Å². The fraction of sp³-hybridized carbons (Fsp3) is 0. The first-order valence-corrected chi connectivity index (χ1v) is 4.26. The molecule has 0 saturated carbocycles. The van der Waals surface area contributed by atoms with Crippen LogP contribution in [0.3, 0.4) is 0 Å². The van der Waals surface area contributed by atoms with Crippen LogP contribution in [0.15, 0.2) is 42.7 Å². The van der Waals surface area contributed by atoms with Gasteiger partial charge in [-0.15, -0.1) is 12.4 Å². The minimum Gasteiger partial charge on any atom is -0.360 e. The number of para-hydroxylation sites is 1. The zero-order chi connectivity index (χ0) is 8.67. The smallest absolute Gasteiger partial charge is 0.0709 e. The lowest BCUT2D eigenvalue weighted by Crippen LogP contribution is -1.78. The molecular formula is C11H9ClN2.